The van der Waals surface area contributed by atoms with Crippen molar-refractivity contribution in [3.8, 4) is 83.6 Å². The summed E-state index contributed by atoms with van der Waals surface area (Å²) in [6, 6.07) is 177. The number of benzene rings is 20. The molecule has 3 heterocycles. The Bertz CT molecular complexity index is 7690. The van der Waals surface area contributed by atoms with E-state index in [9.17, 15) is 5.48 Å². The first-order valence-electron chi connectivity index (χ1n) is 45.4. The average Bonchev–Trinajstić information content (AvgIpc) is 0.937. The van der Waals surface area contributed by atoms with Gasteiger partial charge >= 0.3 is 0 Å². The maximum atomic E-state index is 11.2. The zero-order chi connectivity index (χ0) is 87.0. The van der Waals surface area contributed by atoms with Gasteiger partial charge < -0.3 is 14.4 Å². The third-order valence-electron chi connectivity index (χ3n) is 26.1. The Morgan fingerprint density at radius 3 is 1.10 bits per heavy atom. The van der Waals surface area contributed by atoms with Crippen LogP contribution in [0.25, 0.3) is 105 Å². The van der Waals surface area contributed by atoms with Gasteiger partial charge in [0.15, 0.2) is 16.1 Å². The second kappa shape index (κ2) is 32.0. The van der Waals surface area contributed by atoms with Gasteiger partial charge in [-0.15, -0.1) is 0 Å². The van der Waals surface area contributed by atoms with E-state index in [0.717, 1.165) is 160 Å². The van der Waals surface area contributed by atoms with Gasteiger partial charge in [0, 0.05) is 44.9 Å². The van der Waals surface area contributed by atoms with E-state index in [1.165, 1.54) is 21.1 Å². The van der Waals surface area contributed by atoms with E-state index in [1.807, 2.05) is 30.3 Å². The SMILES string of the molecule is [2H]c1c([2H])c(-c2ccccc2)c([2H])c([Si](c2ccccc2)(c2ccccc2)c2cc(-c3ccc4c(c3)B3c5ccccc5N(c5cc(-c6ccccc6)cc(-c6ccccc6)c5)c5cc(-n6c7ccccc7c7ccccc76)cc(c53)N4c3ccc(-c4ccccc4)cc3)cc([Si](c3ccccc3)(c3ccccc3)c3ccc(-c4ccccc4)c(-c4ccccc4)c3)c2)c1[2H]. The van der Waals surface area contributed by atoms with E-state index in [1.54, 1.807) is 0 Å². The van der Waals surface area contributed by atoms with Gasteiger partial charge in [-0.2, -0.15) is 0 Å². The van der Waals surface area contributed by atoms with E-state index < -0.39 is 16.1 Å². The number of nitrogens with zero attached hydrogens (tertiary/aromatic N) is 3. The molecule has 0 spiro atoms. The highest BCUT2D eigenvalue weighted by Crippen LogP contribution is 2.49. The van der Waals surface area contributed by atoms with Crippen LogP contribution < -0.4 is 67.7 Å². The molecule has 20 aromatic carbocycles. The lowest BCUT2D eigenvalue weighted by atomic mass is 9.33. The van der Waals surface area contributed by atoms with Crippen molar-refractivity contribution in [2.75, 3.05) is 9.80 Å². The van der Waals surface area contributed by atoms with Crippen molar-refractivity contribution in [1.82, 2.24) is 4.57 Å². The molecule has 6 heteroatoms. The van der Waals surface area contributed by atoms with E-state index in [0.29, 0.717) is 16.3 Å². The van der Waals surface area contributed by atoms with E-state index >= 15 is 0 Å². The molecule has 0 atom stereocenters. The fourth-order valence-corrected chi connectivity index (χ4v) is 30.0. The van der Waals surface area contributed by atoms with Gasteiger partial charge in [-0.1, -0.05) is 443 Å². The molecule has 126 heavy (non-hydrogen) atoms. The second-order valence-electron chi connectivity index (χ2n) is 33.0. The summed E-state index contributed by atoms with van der Waals surface area (Å²) < 4.78 is 44.8. The van der Waals surface area contributed by atoms with Crippen molar-refractivity contribution in [2.45, 2.75) is 0 Å². The summed E-state index contributed by atoms with van der Waals surface area (Å²) in [6.07, 6.45) is 0. The zero-order valence-electron chi connectivity index (χ0n) is 73.1. The third kappa shape index (κ3) is 12.9. The number of rotatable bonds is 18. The molecular weight excluding hydrogens is 1550 g/mol. The van der Waals surface area contributed by atoms with Gasteiger partial charge in [-0.3, -0.25) is 0 Å². The van der Waals surface area contributed by atoms with Gasteiger partial charge in [0.2, 0.25) is 0 Å². The number of hydrogen-bond donors (Lipinski definition) is 0. The van der Waals surface area contributed by atoms with Gasteiger partial charge in [0.25, 0.3) is 6.71 Å². The average molecular weight is 1640 g/mol. The molecule has 2 aliphatic heterocycles. The van der Waals surface area contributed by atoms with E-state index in [4.69, 9.17) is 0 Å². The van der Waals surface area contributed by atoms with Crippen LogP contribution in [-0.2, 0) is 0 Å². The molecule has 0 unspecified atom stereocenters. The van der Waals surface area contributed by atoms with Crippen LogP contribution in [0, 0.1) is 0 Å². The Labute approximate surface area is 744 Å². The van der Waals surface area contributed by atoms with Gasteiger partial charge in [0.1, 0.15) is 0 Å². The van der Waals surface area contributed by atoms with Crippen LogP contribution in [0.5, 0.6) is 0 Å². The Morgan fingerprint density at radius 1 is 0.206 bits per heavy atom. The Kier molecular flexibility index (Phi) is 18.0. The molecule has 0 amide bonds. The standard InChI is InChI=1S/C120H84BN3Si2/c1-11-38-85(39-12-1)89-66-69-97(70-67-89)122-117-73-68-93(80-113(117)121-112-62-33-36-65-116(112)124(98-75-94(87-42-15-3-16-43-87)74-95(76-98)88-44-17-4-18-45-88)119-82-99(81-118(122)120(119)121)123-114-63-34-31-60-109(114)110-61-32-35-64-115(110)123)96-78-106(125(100-51-23-7-24-52-100,101-53-25-8-26-54-101)104-59-37-50-92(77-104)86-40-13-2-14-41-86)83-107(79-96)126(102-55-27-9-28-56-102,103-57-29-10-30-58-103)105-71-72-108(90-46-19-5-20-47-90)111(84-105)91-48-21-6-22-49-91/h1-84H/i37D,50D,59D,77D. The first-order valence-corrected chi connectivity index (χ1v) is 47.4. The molecule has 3 nitrogen and oxygen atoms in total. The predicted molar refractivity (Wildman–Crippen MR) is 540 cm³/mol. The summed E-state index contributed by atoms with van der Waals surface area (Å²) in [5.74, 6) is 0. The molecule has 0 saturated heterocycles. The van der Waals surface area contributed by atoms with Crippen molar-refractivity contribution in [3.63, 3.8) is 0 Å². The molecule has 0 saturated carbocycles. The van der Waals surface area contributed by atoms with Crippen LogP contribution in [0.4, 0.5) is 34.1 Å². The quantitative estimate of drug-likeness (QED) is 0.0627. The fraction of sp³-hybridized carbons (Fsp3) is 0. The molecule has 2 aliphatic rings. The van der Waals surface area contributed by atoms with Crippen LogP contribution in [0.2, 0.25) is 0 Å². The number of para-hydroxylation sites is 3. The van der Waals surface area contributed by atoms with Crippen LogP contribution in [0.15, 0.2) is 509 Å². The molecule has 0 N–H and O–H groups in total. The maximum Gasteiger partial charge on any atom is 0.252 e. The normalized spacial score (nSPS) is 12.7. The fourth-order valence-electron chi connectivity index (χ4n) is 20.5. The van der Waals surface area contributed by atoms with Crippen molar-refractivity contribution < 1.29 is 5.48 Å². The highest BCUT2D eigenvalue weighted by atomic mass is 28.3. The highest BCUT2D eigenvalue weighted by Gasteiger charge is 2.49. The molecule has 1 aromatic heterocycles. The summed E-state index contributed by atoms with van der Waals surface area (Å²) in [4.78, 5) is 5.11. The van der Waals surface area contributed by atoms with Crippen molar-refractivity contribution in [2.24, 2.45) is 0 Å². The first kappa shape index (κ1) is 70.9. The second-order valence-corrected chi connectivity index (χ2v) is 40.5. The van der Waals surface area contributed by atoms with Crippen molar-refractivity contribution >= 4 is 137 Å². The topological polar surface area (TPSA) is 11.4 Å². The number of fused-ring (bicyclic) bond motifs is 7. The van der Waals surface area contributed by atoms with Gasteiger partial charge in [-0.25, -0.2) is 0 Å². The minimum atomic E-state index is -4.25. The maximum absolute atomic E-state index is 11.2. The molecular formula is C120H84BN3Si2. The Hall–Kier alpha value is -15.7. The van der Waals surface area contributed by atoms with Gasteiger partial charge in [0.05, 0.1) is 22.2 Å². The monoisotopic (exact) mass is 1640 g/mol. The molecule has 590 valence electrons. The number of hydrogen-bond acceptors (Lipinski definition) is 2. The molecule has 0 bridgehead atoms. The summed E-state index contributed by atoms with van der Waals surface area (Å²) in [7, 11) is -8.07. The lowest BCUT2D eigenvalue weighted by molar-refractivity contribution is 1.16. The highest BCUT2D eigenvalue weighted by molar-refractivity contribution is 7.22. The lowest BCUT2D eigenvalue weighted by Gasteiger charge is -2.44. The van der Waals surface area contributed by atoms with E-state index in [-0.39, 0.29) is 30.9 Å². The third-order valence-corrected chi connectivity index (χ3v) is 35.3. The summed E-state index contributed by atoms with van der Waals surface area (Å²) in [6.45, 7) is -0.372. The first-order chi connectivity index (χ1) is 64.2. The smallest absolute Gasteiger partial charge is 0.252 e. The summed E-state index contributed by atoms with van der Waals surface area (Å²) in [5, 5.41) is 10.2. The van der Waals surface area contributed by atoms with Crippen LogP contribution in [0.1, 0.15) is 5.48 Å². The summed E-state index contributed by atoms with van der Waals surface area (Å²) in [5.41, 5.74) is 26.8. The van der Waals surface area contributed by atoms with Crippen molar-refractivity contribution in [3.05, 3.63) is 509 Å². The van der Waals surface area contributed by atoms with Crippen LogP contribution in [0.3, 0.4) is 0 Å². The zero-order valence-corrected chi connectivity index (χ0v) is 71.1. The summed E-state index contributed by atoms with van der Waals surface area (Å²) >= 11 is 0. The lowest BCUT2D eigenvalue weighted by Crippen LogP contribution is -2.78. The minimum Gasteiger partial charge on any atom is -0.311 e. The predicted octanol–water partition coefficient (Wildman–Crippen LogP) is 23.3. The van der Waals surface area contributed by atoms with E-state index in [2.05, 4.69) is 469 Å². The molecule has 0 radical (unpaired) electrons. The minimum absolute atomic E-state index is 0.0664. The number of aromatic nitrogens is 1. The molecule has 21 aromatic rings. The molecule has 0 aliphatic carbocycles. The molecule has 23 rings (SSSR count). The molecule has 0 fully saturated rings. The van der Waals surface area contributed by atoms with Crippen LogP contribution in [-0.4, -0.2) is 27.4 Å². The van der Waals surface area contributed by atoms with Crippen molar-refractivity contribution in [1.29, 1.82) is 0 Å². The largest absolute Gasteiger partial charge is 0.311 e. The number of anilines is 6. The Morgan fingerprint density at radius 2 is 0.595 bits per heavy atom. The van der Waals surface area contributed by atoms with Crippen LogP contribution >= 0.6 is 0 Å². The Balaban J connectivity index is 0.863. The van der Waals surface area contributed by atoms with Gasteiger partial charge in [-0.05, 0) is 203 Å².